The minimum Gasteiger partial charge on any atom is -0.467 e. The number of hydrogen-bond acceptors (Lipinski definition) is 6. The van der Waals surface area contributed by atoms with Gasteiger partial charge in [-0.15, -0.1) is 0 Å². The minimum absolute atomic E-state index is 0.260. The summed E-state index contributed by atoms with van der Waals surface area (Å²) in [5.41, 5.74) is 0. The smallest absolute Gasteiger partial charge is 0.336 e. The lowest BCUT2D eigenvalue weighted by molar-refractivity contribution is -0.159. The van der Waals surface area contributed by atoms with Gasteiger partial charge in [-0.05, 0) is 7.05 Å². The molecule has 0 bridgehead atoms. The Kier molecular flexibility index (Phi) is 5.57. The number of carbonyl (C=O) groups excluding carboxylic acids is 1. The maximum absolute atomic E-state index is 11.5. The quantitative estimate of drug-likeness (QED) is 0.618. The van der Waals surface area contributed by atoms with E-state index in [1.165, 1.54) is 7.11 Å². The molecule has 0 aromatic carbocycles. The van der Waals surface area contributed by atoms with Crippen molar-refractivity contribution in [3.8, 4) is 0 Å². The molecule has 110 valence electrons. The zero-order valence-electron chi connectivity index (χ0n) is 12.0. The van der Waals surface area contributed by atoms with Gasteiger partial charge in [0.25, 0.3) is 0 Å². The largest absolute Gasteiger partial charge is 0.467 e. The van der Waals surface area contributed by atoms with Crippen LogP contribution in [0, 0.1) is 0 Å². The Balaban J connectivity index is 1.69. The van der Waals surface area contributed by atoms with Gasteiger partial charge in [-0.25, -0.2) is 4.79 Å². The topological polar surface area (TPSA) is 45.2 Å². The van der Waals surface area contributed by atoms with Gasteiger partial charge in [0.2, 0.25) is 0 Å². The second-order valence-corrected chi connectivity index (χ2v) is 5.33. The van der Waals surface area contributed by atoms with E-state index in [0.29, 0.717) is 13.2 Å². The molecule has 2 aliphatic heterocycles. The van der Waals surface area contributed by atoms with Crippen LogP contribution >= 0.6 is 0 Å². The second-order valence-electron chi connectivity index (χ2n) is 5.33. The van der Waals surface area contributed by atoms with E-state index < -0.39 is 6.10 Å². The molecular formula is C13H25N3O3. The first-order valence-electron chi connectivity index (χ1n) is 7.01. The van der Waals surface area contributed by atoms with Gasteiger partial charge in [-0.2, -0.15) is 0 Å². The lowest BCUT2D eigenvalue weighted by atomic mass is 10.2. The van der Waals surface area contributed by atoms with Crippen molar-refractivity contribution in [2.24, 2.45) is 0 Å². The molecule has 0 radical (unpaired) electrons. The normalized spacial score (nSPS) is 27.4. The second kappa shape index (κ2) is 7.19. The van der Waals surface area contributed by atoms with Gasteiger partial charge in [-0.1, -0.05) is 0 Å². The van der Waals surface area contributed by atoms with Crippen LogP contribution in [0.15, 0.2) is 0 Å². The average Bonchev–Trinajstić information content (AvgIpc) is 2.46. The molecule has 2 rings (SSSR count). The minimum atomic E-state index is -0.411. The van der Waals surface area contributed by atoms with Crippen LogP contribution < -0.4 is 0 Å². The van der Waals surface area contributed by atoms with Crippen LogP contribution in [-0.2, 0) is 14.3 Å². The van der Waals surface area contributed by atoms with E-state index in [1.54, 1.807) is 0 Å². The fourth-order valence-corrected chi connectivity index (χ4v) is 2.53. The molecule has 19 heavy (non-hydrogen) atoms. The summed E-state index contributed by atoms with van der Waals surface area (Å²) < 4.78 is 10.2. The van der Waals surface area contributed by atoms with Crippen LogP contribution in [0.2, 0.25) is 0 Å². The third kappa shape index (κ3) is 4.42. The Morgan fingerprint density at radius 3 is 2.53 bits per heavy atom. The molecule has 0 spiro atoms. The van der Waals surface area contributed by atoms with Crippen LogP contribution in [0.4, 0.5) is 0 Å². The van der Waals surface area contributed by atoms with Crippen molar-refractivity contribution < 1.29 is 14.3 Å². The first-order chi connectivity index (χ1) is 9.19. The van der Waals surface area contributed by atoms with Gasteiger partial charge < -0.3 is 14.4 Å². The zero-order valence-corrected chi connectivity index (χ0v) is 12.0. The van der Waals surface area contributed by atoms with Crippen molar-refractivity contribution in [1.82, 2.24) is 14.7 Å². The zero-order chi connectivity index (χ0) is 13.7. The summed E-state index contributed by atoms with van der Waals surface area (Å²) in [5.74, 6) is -0.260. The maximum Gasteiger partial charge on any atom is 0.336 e. The molecule has 0 amide bonds. The highest BCUT2D eigenvalue weighted by Gasteiger charge is 2.27. The van der Waals surface area contributed by atoms with Crippen LogP contribution in [0.3, 0.4) is 0 Å². The Morgan fingerprint density at radius 1 is 1.16 bits per heavy atom. The van der Waals surface area contributed by atoms with E-state index in [1.807, 2.05) is 0 Å². The number of morpholine rings is 1. The number of rotatable bonds is 4. The van der Waals surface area contributed by atoms with E-state index >= 15 is 0 Å². The molecule has 0 N–H and O–H groups in total. The lowest BCUT2D eigenvalue weighted by Gasteiger charge is -2.36. The third-order valence-electron chi connectivity index (χ3n) is 3.94. The lowest BCUT2D eigenvalue weighted by Crippen LogP contribution is -2.51. The van der Waals surface area contributed by atoms with Crippen molar-refractivity contribution in [2.45, 2.75) is 6.10 Å². The Hall–Kier alpha value is -0.690. The monoisotopic (exact) mass is 271 g/mol. The summed E-state index contributed by atoms with van der Waals surface area (Å²) in [6.07, 6.45) is -0.411. The van der Waals surface area contributed by atoms with Crippen LogP contribution in [0.1, 0.15) is 0 Å². The summed E-state index contributed by atoms with van der Waals surface area (Å²) in [6.45, 7) is 8.82. The number of nitrogens with zero attached hydrogens (tertiary/aromatic N) is 3. The number of hydrogen-bond donors (Lipinski definition) is 0. The molecule has 1 atom stereocenters. The summed E-state index contributed by atoms with van der Waals surface area (Å²) in [5, 5.41) is 0. The van der Waals surface area contributed by atoms with Crippen LogP contribution in [0.5, 0.6) is 0 Å². The van der Waals surface area contributed by atoms with Crippen LogP contribution in [-0.4, -0.2) is 99.9 Å². The fraction of sp³-hybridized carbons (Fsp3) is 0.923. The Labute approximate surface area is 115 Å². The summed E-state index contributed by atoms with van der Waals surface area (Å²) in [6, 6.07) is 0. The van der Waals surface area contributed by atoms with E-state index in [-0.39, 0.29) is 5.97 Å². The first-order valence-corrected chi connectivity index (χ1v) is 7.01. The number of likely N-dealkylation sites (N-methyl/N-ethyl adjacent to an activating group) is 1. The highest BCUT2D eigenvalue weighted by Crippen LogP contribution is 2.07. The van der Waals surface area contributed by atoms with E-state index in [0.717, 1.165) is 45.8 Å². The number of carbonyl (C=O) groups is 1. The molecule has 2 saturated heterocycles. The van der Waals surface area contributed by atoms with E-state index in [2.05, 4.69) is 21.7 Å². The average molecular weight is 271 g/mol. The fourth-order valence-electron chi connectivity index (χ4n) is 2.53. The molecule has 0 aromatic rings. The molecule has 1 unspecified atom stereocenters. The van der Waals surface area contributed by atoms with Gasteiger partial charge in [0.05, 0.1) is 13.7 Å². The van der Waals surface area contributed by atoms with Crippen molar-refractivity contribution in [2.75, 3.05) is 73.1 Å². The molecule has 2 fully saturated rings. The van der Waals surface area contributed by atoms with Gasteiger partial charge in [0.15, 0.2) is 6.10 Å². The van der Waals surface area contributed by atoms with Gasteiger partial charge in [-0.3, -0.25) is 9.80 Å². The van der Waals surface area contributed by atoms with Crippen molar-refractivity contribution in [3.05, 3.63) is 0 Å². The predicted octanol–water partition coefficient (Wildman–Crippen LogP) is -0.892. The predicted molar refractivity (Wildman–Crippen MR) is 72.1 cm³/mol. The molecular weight excluding hydrogens is 246 g/mol. The molecule has 6 heteroatoms. The summed E-state index contributed by atoms with van der Waals surface area (Å²) >= 11 is 0. The molecule has 0 aromatic heterocycles. The maximum atomic E-state index is 11.5. The first kappa shape index (κ1) is 14.7. The van der Waals surface area contributed by atoms with Crippen molar-refractivity contribution in [3.63, 3.8) is 0 Å². The molecule has 0 saturated carbocycles. The number of piperazine rings is 1. The van der Waals surface area contributed by atoms with Gasteiger partial charge in [0, 0.05) is 52.4 Å². The van der Waals surface area contributed by atoms with E-state index in [9.17, 15) is 4.79 Å². The van der Waals surface area contributed by atoms with E-state index in [4.69, 9.17) is 9.47 Å². The summed E-state index contributed by atoms with van der Waals surface area (Å²) in [7, 11) is 3.58. The number of ether oxygens (including phenoxy) is 2. The molecule has 2 heterocycles. The SMILES string of the molecule is COC(=O)C1CN(CCN2CCN(C)CC2)CCO1. The number of methoxy groups -OCH3 is 1. The highest BCUT2D eigenvalue weighted by molar-refractivity contribution is 5.74. The highest BCUT2D eigenvalue weighted by atomic mass is 16.6. The Morgan fingerprint density at radius 2 is 1.84 bits per heavy atom. The third-order valence-corrected chi connectivity index (χ3v) is 3.94. The molecule has 2 aliphatic rings. The van der Waals surface area contributed by atoms with Gasteiger partial charge in [0.1, 0.15) is 0 Å². The Bertz CT molecular complexity index is 293. The van der Waals surface area contributed by atoms with Crippen molar-refractivity contribution >= 4 is 5.97 Å². The standard InChI is InChI=1S/C13H25N3O3/c1-14-3-5-15(6-4-14)7-8-16-9-10-19-12(11-16)13(17)18-2/h12H,3-11H2,1-2H3. The molecule has 6 nitrogen and oxygen atoms in total. The molecule has 0 aliphatic carbocycles. The van der Waals surface area contributed by atoms with Crippen molar-refractivity contribution in [1.29, 1.82) is 0 Å². The van der Waals surface area contributed by atoms with Crippen LogP contribution in [0.25, 0.3) is 0 Å². The van der Waals surface area contributed by atoms with Gasteiger partial charge >= 0.3 is 5.97 Å². The summed E-state index contributed by atoms with van der Waals surface area (Å²) in [4.78, 5) is 18.6. The number of esters is 1.